The Morgan fingerprint density at radius 2 is 2.30 bits per heavy atom. The maximum atomic E-state index is 12.1. The van der Waals surface area contributed by atoms with Crippen LogP contribution in [-0.2, 0) is 9.63 Å². The standard InChI is InChI=1S/C15H18N2O3/c1-10-8-14(17-20-10)16-15(18)9-11-6-7-19-13-5-3-2-4-12(11)13/h2-5,10-11H,6-9H2,1H3,(H,16,17,18)/t10-,11+/m1/s1. The molecule has 0 bridgehead atoms. The minimum Gasteiger partial charge on any atom is -0.493 e. The van der Waals surface area contributed by atoms with Crippen molar-refractivity contribution in [1.29, 1.82) is 0 Å². The summed E-state index contributed by atoms with van der Waals surface area (Å²) >= 11 is 0. The Bertz CT molecular complexity index is 542. The average Bonchev–Trinajstić information content (AvgIpc) is 2.84. The topological polar surface area (TPSA) is 59.9 Å². The fraction of sp³-hybridized carbons (Fsp3) is 0.467. The second-order valence-electron chi connectivity index (χ2n) is 5.28. The quantitative estimate of drug-likeness (QED) is 0.899. The monoisotopic (exact) mass is 274 g/mol. The summed E-state index contributed by atoms with van der Waals surface area (Å²) in [6, 6.07) is 7.92. The zero-order valence-electron chi connectivity index (χ0n) is 11.5. The van der Waals surface area contributed by atoms with Crippen LogP contribution >= 0.6 is 0 Å². The van der Waals surface area contributed by atoms with Crippen LogP contribution in [0.1, 0.15) is 37.7 Å². The van der Waals surface area contributed by atoms with Gasteiger partial charge in [-0.2, -0.15) is 0 Å². The van der Waals surface area contributed by atoms with Crippen molar-refractivity contribution in [3.8, 4) is 5.75 Å². The lowest BCUT2D eigenvalue weighted by Crippen LogP contribution is -2.31. The summed E-state index contributed by atoms with van der Waals surface area (Å²) in [5, 5.41) is 6.69. The molecule has 0 fully saturated rings. The van der Waals surface area contributed by atoms with Gasteiger partial charge < -0.3 is 14.9 Å². The summed E-state index contributed by atoms with van der Waals surface area (Å²) in [6.07, 6.45) is 2.03. The maximum Gasteiger partial charge on any atom is 0.225 e. The molecule has 0 radical (unpaired) electrons. The Balaban J connectivity index is 1.62. The molecular weight excluding hydrogens is 256 g/mol. The first kappa shape index (κ1) is 13.0. The number of carbonyl (C=O) groups excluding carboxylic acids is 1. The molecule has 3 rings (SSSR count). The van der Waals surface area contributed by atoms with E-state index < -0.39 is 0 Å². The molecule has 0 unspecified atom stereocenters. The maximum absolute atomic E-state index is 12.1. The fourth-order valence-corrected chi connectivity index (χ4v) is 2.64. The Kier molecular flexibility index (Phi) is 3.58. The summed E-state index contributed by atoms with van der Waals surface area (Å²) in [4.78, 5) is 17.2. The Hall–Kier alpha value is -2.04. The van der Waals surface area contributed by atoms with E-state index in [1.807, 2.05) is 31.2 Å². The third kappa shape index (κ3) is 2.76. The van der Waals surface area contributed by atoms with Gasteiger partial charge in [0.25, 0.3) is 0 Å². The number of rotatable bonds is 2. The molecule has 0 spiro atoms. The van der Waals surface area contributed by atoms with Crippen LogP contribution in [0.4, 0.5) is 0 Å². The molecular formula is C15H18N2O3. The molecule has 2 aliphatic heterocycles. The molecule has 1 N–H and O–H groups in total. The van der Waals surface area contributed by atoms with E-state index in [0.717, 1.165) is 17.7 Å². The molecule has 5 heteroatoms. The summed E-state index contributed by atoms with van der Waals surface area (Å²) in [7, 11) is 0. The van der Waals surface area contributed by atoms with Crippen LogP contribution in [-0.4, -0.2) is 24.5 Å². The molecule has 5 nitrogen and oxygen atoms in total. The van der Waals surface area contributed by atoms with Crippen molar-refractivity contribution in [2.24, 2.45) is 5.16 Å². The van der Waals surface area contributed by atoms with E-state index in [4.69, 9.17) is 9.57 Å². The minimum absolute atomic E-state index is 0.0110. The largest absolute Gasteiger partial charge is 0.493 e. The van der Waals surface area contributed by atoms with E-state index in [1.54, 1.807) is 0 Å². The predicted octanol–water partition coefficient (Wildman–Crippen LogP) is 2.18. The number of benzene rings is 1. The van der Waals surface area contributed by atoms with Crippen molar-refractivity contribution in [3.05, 3.63) is 29.8 Å². The molecule has 1 aromatic carbocycles. The summed E-state index contributed by atoms with van der Waals surface area (Å²) in [5.74, 6) is 1.72. The molecule has 20 heavy (non-hydrogen) atoms. The molecule has 2 atom stereocenters. The van der Waals surface area contributed by atoms with Crippen molar-refractivity contribution >= 4 is 11.7 Å². The Labute approximate surface area is 117 Å². The van der Waals surface area contributed by atoms with Gasteiger partial charge >= 0.3 is 0 Å². The zero-order chi connectivity index (χ0) is 13.9. The van der Waals surface area contributed by atoms with Gasteiger partial charge in [0.05, 0.1) is 6.61 Å². The summed E-state index contributed by atoms with van der Waals surface area (Å²) in [5.41, 5.74) is 1.12. The smallest absolute Gasteiger partial charge is 0.225 e. The van der Waals surface area contributed by atoms with E-state index in [2.05, 4.69) is 10.5 Å². The molecule has 0 saturated carbocycles. The van der Waals surface area contributed by atoms with Crippen molar-refractivity contribution in [1.82, 2.24) is 5.32 Å². The van der Waals surface area contributed by atoms with E-state index in [-0.39, 0.29) is 17.9 Å². The number of para-hydroxylation sites is 1. The first-order valence-electron chi connectivity index (χ1n) is 6.96. The van der Waals surface area contributed by atoms with Gasteiger partial charge in [0.2, 0.25) is 5.91 Å². The number of ether oxygens (including phenoxy) is 1. The second-order valence-corrected chi connectivity index (χ2v) is 5.28. The Morgan fingerprint density at radius 1 is 1.45 bits per heavy atom. The second kappa shape index (κ2) is 5.53. The molecule has 1 aromatic rings. The molecule has 0 aromatic heterocycles. The van der Waals surface area contributed by atoms with Crippen molar-refractivity contribution in [3.63, 3.8) is 0 Å². The SMILES string of the molecule is C[C@@H]1CC(NC(=O)C[C@@H]2CCOc3ccccc32)=NO1. The Morgan fingerprint density at radius 3 is 3.10 bits per heavy atom. The van der Waals surface area contributed by atoms with Gasteiger partial charge in [-0.25, -0.2) is 0 Å². The average molecular weight is 274 g/mol. The third-order valence-corrected chi connectivity index (χ3v) is 3.62. The van der Waals surface area contributed by atoms with Crippen molar-refractivity contribution in [2.45, 2.75) is 38.2 Å². The zero-order valence-corrected chi connectivity index (χ0v) is 11.5. The molecule has 0 aliphatic carbocycles. The number of hydrogen-bond acceptors (Lipinski definition) is 4. The van der Waals surface area contributed by atoms with Crippen molar-refractivity contribution in [2.75, 3.05) is 6.61 Å². The van der Waals surface area contributed by atoms with Gasteiger partial charge in [-0.05, 0) is 30.9 Å². The molecule has 106 valence electrons. The summed E-state index contributed by atoms with van der Waals surface area (Å²) < 4.78 is 5.61. The lowest BCUT2D eigenvalue weighted by atomic mass is 9.90. The van der Waals surface area contributed by atoms with Gasteiger partial charge in [-0.1, -0.05) is 23.4 Å². The van der Waals surface area contributed by atoms with E-state index in [1.165, 1.54) is 0 Å². The summed E-state index contributed by atoms with van der Waals surface area (Å²) in [6.45, 7) is 2.59. The number of oxime groups is 1. The number of nitrogens with one attached hydrogen (secondary N) is 1. The number of hydrogen-bond donors (Lipinski definition) is 1. The normalized spacial score (nSPS) is 24.1. The van der Waals surface area contributed by atoms with Gasteiger partial charge in [-0.3, -0.25) is 4.79 Å². The molecule has 2 heterocycles. The van der Waals surface area contributed by atoms with E-state index in [0.29, 0.717) is 25.3 Å². The van der Waals surface area contributed by atoms with Gasteiger partial charge in [0.15, 0.2) is 5.84 Å². The number of fused-ring (bicyclic) bond motifs is 1. The van der Waals surface area contributed by atoms with Gasteiger partial charge in [0, 0.05) is 12.8 Å². The first-order chi connectivity index (χ1) is 9.72. The minimum atomic E-state index is -0.0110. The number of carbonyl (C=O) groups is 1. The fourth-order valence-electron chi connectivity index (χ4n) is 2.64. The van der Waals surface area contributed by atoms with Crippen molar-refractivity contribution < 1.29 is 14.4 Å². The number of nitrogens with zero attached hydrogens (tertiary/aromatic N) is 1. The first-order valence-corrected chi connectivity index (χ1v) is 6.96. The number of amidine groups is 1. The predicted molar refractivity (Wildman–Crippen MR) is 74.7 cm³/mol. The van der Waals surface area contributed by atoms with Crippen LogP contribution in [0.5, 0.6) is 5.75 Å². The highest BCUT2D eigenvalue weighted by atomic mass is 16.6. The highest BCUT2D eigenvalue weighted by Gasteiger charge is 2.25. The highest BCUT2D eigenvalue weighted by Crippen LogP contribution is 2.35. The third-order valence-electron chi connectivity index (χ3n) is 3.62. The van der Waals surface area contributed by atoms with E-state index >= 15 is 0 Å². The highest BCUT2D eigenvalue weighted by molar-refractivity contribution is 5.98. The molecule has 1 amide bonds. The molecule has 2 aliphatic rings. The lowest BCUT2D eigenvalue weighted by molar-refractivity contribution is -0.120. The van der Waals surface area contributed by atoms with Crippen LogP contribution in [0.2, 0.25) is 0 Å². The van der Waals surface area contributed by atoms with Gasteiger partial charge in [-0.15, -0.1) is 0 Å². The molecule has 0 saturated heterocycles. The van der Waals surface area contributed by atoms with E-state index in [9.17, 15) is 4.79 Å². The van der Waals surface area contributed by atoms with Gasteiger partial charge in [0.1, 0.15) is 11.9 Å². The van der Waals surface area contributed by atoms with Crippen LogP contribution in [0.25, 0.3) is 0 Å². The van der Waals surface area contributed by atoms with Crippen LogP contribution in [0.15, 0.2) is 29.4 Å². The van der Waals surface area contributed by atoms with Crippen LogP contribution < -0.4 is 10.1 Å². The number of amides is 1. The lowest BCUT2D eigenvalue weighted by Gasteiger charge is -2.25. The van der Waals surface area contributed by atoms with Crippen LogP contribution in [0.3, 0.4) is 0 Å². The van der Waals surface area contributed by atoms with Crippen LogP contribution in [0, 0.1) is 0 Å².